The average Bonchev–Trinajstić information content (AvgIpc) is 3.51. The van der Waals surface area contributed by atoms with Crippen molar-refractivity contribution in [1.82, 2.24) is 0 Å². The van der Waals surface area contributed by atoms with E-state index in [4.69, 9.17) is 32.4 Å². The molecule has 0 bridgehead atoms. The maximum Gasteiger partial charge on any atom is 0.143 e. The van der Waals surface area contributed by atoms with Gasteiger partial charge in [0.1, 0.15) is 23.0 Å². The molecule has 2 atom stereocenters. The summed E-state index contributed by atoms with van der Waals surface area (Å²) in [5, 5.41) is 5.78. The van der Waals surface area contributed by atoms with Crippen molar-refractivity contribution in [1.29, 1.82) is 0 Å². The summed E-state index contributed by atoms with van der Waals surface area (Å²) in [5.74, 6) is 0.979. The van der Waals surface area contributed by atoms with E-state index in [0.29, 0.717) is 10.1 Å². The van der Waals surface area contributed by atoms with Crippen molar-refractivity contribution in [3.05, 3.63) is 125 Å². The molecule has 6 aromatic rings. The van der Waals surface area contributed by atoms with E-state index < -0.39 is 0 Å². The van der Waals surface area contributed by atoms with Gasteiger partial charge in [-0.3, -0.25) is 0 Å². The Hall–Kier alpha value is -3.98. The Morgan fingerprint density at radius 1 is 0.684 bits per heavy atom. The molecule has 38 heavy (non-hydrogen) atoms. The quantitative estimate of drug-likeness (QED) is 0.222. The SMILES string of the molecule is ClC1=CC2Oc3c(-c4ccccc4)cc4c(cc(-c5ccccc5)c5oc6cc(Cl)ccc6c54)c3C2C=C1. The molecule has 2 nitrogen and oxygen atoms in total. The molecule has 0 N–H and O–H groups in total. The van der Waals surface area contributed by atoms with Gasteiger partial charge in [-0.05, 0) is 58.3 Å². The molecule has 8 rings (SSSR count). The van der Waals surface area contributed by atoms with Crippen LogP contribution >= 0.6 is 23.2 Å². The van der Waals surface area contributed by atoms with Crippen LogP contribution in [0.3, 0.4) is 0 Å². The zero-order valence-corrected chi connectivity index (χ0v) is 21.6. The zero-order chi connectivity index (χ0) is 25.4. The predicted molar refractivity (Wildman–Crippen MR) is 157 cm³/mol. The summed E-state index contributed by atoms with van der Waals surface area (Å²) in [6, 6.07) is 31.3. The highest BCUT2D eigenvalue weighted by Gasteiger charge is 2.37. The van der Waals surface area contributed by atoms with Crippen LogP contribution in [-0.4, -0.2) is 6.10 Å². The van der Waals surface area contributed by atoms with Gasteiger partial charge >= 0.3 is 0 Å². The minimum atomic E-state index is -0.147. The fraction of sp³-hybridized carbons (Fsp3) is 0.0588. The lowest BCUT2D eigenvalue weighted by Gasteiger charge is -2.17. The van der Waals surface area contributed by atoms with Crippen LogP contribution in [0.1, 0.15) is 11.5 Å². The fourth-order valence-electron chi connectivity index (χ4n) is 6.05. The minimum Gasteiger partial charge on any atom is -0.484 e. The van der Waals surface area contributed by atoms with Gasteiger partial charge in [0.05, 0.1) is 0 Å². The number of hydrogen-bond acceptors (Lipinski definition) is 2. The Bertz CT molecular complexity index is 1970. The minimum absolute atomic E-state index is 0.0624. The Morgan fingerprint density at radius 3 is 2.16 bits per heavy atom. The molecule has 0 spiro atoms. The molecule has 2 heterocycles. The highest BCUT2D eigenvalue weighted by molar-refractivity contribution is 6.32. The summed E-state index contributed by atoms with van der Waals surface area (Å²) in [5.41, 5.74) is 7.15. The summed E-state index contributed by atoms with van der Waals surface area (Å²) in [6.07, 6.45) is 6.02. The number of halogens is 2. The second kappa shape index (κ2) is 8.26. The van der Waals surface area contributed by atoms with Gasteiger partial charge in [-0.2, -0.15) is 0 Å². The van der Waals surface area contributed by atoms with Gasteiger partial charge < -0.3 is 9.15 Å². The summed E-state index contributed by atoms with van der Waals surface area (Å²) < 4.78 is 13.2. The van der Waals surface area contributed by atoms with Gasteiger partial charge in [-0.1, -0.05) is 89.9 Å². The lowest BCUT2D eigenvalue weighted by atomic mass is 9.84. The lowest BCUT2D eigenvalue weighted by molar-refractivity contribution is 0.269. The first kappa shape index (κ1) is 22.0. The van der Waals surface area contributed by atoms with Crippen LogP contribution in [0.4, 0.5) is 0 Å². The van der Waals surface area contributed by atoms with Crippen LogP contribution < -0.4 is 4.74 Å². The molecule has 4 heteroatoms. The average molecular weight is 531 g/mol. The molecule has 1 aromatic heterocycles. The molecule has 182 valence electrons. The maximum absolute atomic E-state index is 6.66. The highest BCUT2D eigenvalue weighted by atomic mass is 35.5. The highest BCUT2D eigenvalue weighted by Crippen LogP contribution is 2.53. The maximum atomic E-state index is 6.66. The fourth-order valence-corrected chi connectivity index (χ4v) is 6.41. The zero-order valence-electron chi connectivity index (χ0n) is 20.1. The first-order valence-electron chi connectivity index (χ1n) is 12.6. The van der Waals surface area contributed by atoms with Crippen LogP contribution in [0.25, 0.3) is 55.0 Å². The topological polar surface area (TPSA) is 22.4 Å². The van der Waals surface area contributed by atoms with Gasteiger partial charge in [-0.15, -0.1) is 0 Å². The van der Waals surface area contributed by atoms with Gasteiger partial charge in [0.25, 0.3) is 0 Å². The van der Waals surface area contributed by atoms with E-state index in [9.17, 15) is 0 Å². The molecule has 1 aliphatic carbocycles. The molecule has 0 amide bonds. The van der Waals surface area contributed by atoms with Crippen molar-refractivity contribution < 1.29 is 9.15 Å². The second-order valence-electron chi connectivity index (χ2n) is 9.88. The van der Waals surface area contributed by atoms with Crippen molar-refractivity contribution >= 4 is 55.9 Å². The van der Waals surface area contributed by atoms with Gasteiger partial charge in [0.15, 0.2) is 0 Å². The van der Waals surface area contributed by atoms with Crippen molar-refractivity contribution in [2.24, 2.45) is 0 Å². The number of allylic oxidation sites excluding steroid dienone is 2. The molecule has 2 aliphatic rings. The molecule has 0 fully saturated rings. The van der Waals surface area contributed by atoms with Crippen LogP contribution in [0, 0.1) is 0 Å². The van der Waals surface area contributed by atoms with Crippen molar-refractivity contribution in [2.75, 3.05) is 0 Å². The first-order chi connectivity index (χ1) is 18.7. The second-order valence-corrected chi connectivity index (χ2v) is 10.8. The number of fused-ring (bicyclic) bond motifs is 9. The van der Waals surface area contributed by atoms with E-state index in [1.807, 2.05) is 36.4 Å². The molecular formula is C34H20Cl2O2. The molecule has 0 saturated carbocycles. The van der Waals surface area contributed by atoms with Crippen LogP contribution in [-0.2, 0) is 0 Å². The standard InChI is InChI=1S/C34H20Cl2O2/c35-21-11-13-23-29(15-21)37-33-25(19-7-3-1-4-8-19)17-27-28(31(23)33)18-26(20-9-5-2-6-10-20)34-32(27)24-14-12-22(36)16-30(24)38-34/h1-18,23,29H. The van der Waals surface area contributed by atoms with Crippen LogP contribution in [0.2, 0.25) is 5.02 Å². The number of furan rings is 1. The number of ether oxygens (including phenoxy) is 1. The molecule has 1 aliphatic heterocycles. The largest absolute Gasteiger partial charge is 0.484 e. The van der Waals surface area contributed by atoms with E-state index in [1.54, 1.807) is 0 Å². The van der Waals surface area contributed by atoms with Gasteiger partial charge in [-0.25, -0.2) is 0 Å². The summed E-state index contributed by atoms with van der Waals surface area (Å²) in [4.78, 5) is 0. The van der Waals surface area contributed by atoms with Crippen molar-refractivity contribution in [3.8, 4) is 28.0 Å². The van der Waals surface area contributed by atoms with Crippen molar-refractivity contribution in [2.45, 2.75) is 12.0 Å². The number of rotatable bonds is 2. The normalized spacial score (nSPS) is 18.0. The molecule has 5 aromatic carbocycles. The monoisotopic (exact) mass is 530 g/mol. The van der Waals surface area contributed by atoms with E-state index in [0.717, 1.165) is 60.7 Å². The third-order valence-electron chi connectivity index (χ3n) is 7.71. The lowest BCUT2D eigenvalue weighted by Crippen LogP contribution is -2.16. The van der Waals surface area contributed by atoms with E-state index in [2.05, 4.69) is 72.8 Å². The Labute approximate surface area is 229 Å². The third kappa shape index (κ3) is 3.21. The molecule has 0 radical (unpaired) electrons. The Balaban J connectivity index is 1.57. The van der Waals surface area contributed by atoms with E-state index in [-0.39, 0.29) is 12.0 Å². The van der Waals surface area contributed by atoms with Crippen molar-refractivity contribution in [3.63, 3.8) is 0 Å². The Morgan fingerprint density at radius 2 is 1.39 bits per heavy atom. The molecule has 2 unspecified atom stereocenters. The Kier molecular flexibility index (Phi) is 4.79. The number of hydrogen-bond donors (Lipinski definition) is 0. The summed E-state index contributed by atoms with van der Waals surface area (Å²) in [6.45, 7) is 0. The van der Waals surface area contributed by atoms with Crippen LogP contribution in [0.5, 0.6) is 5.75 Å². The summed E-state index contributed by atoms with van der Waals surface area (Å²) in [7, 11) is 0. The first-order valence-corrected chi connectivity index (χ1v) is 13.4. The number of benzene rings is 5. The third-order valence-corrected chi connectivity index (χ3v) is 8.20. The van der Waals surface area contributed by atoms with E-state index in [1.165, 1.54) is 5.56 Å². The molecular weight excluding hydrogens is 511 g/mol. The van der Waals surface area contributed by atoms with Crippen LogP contribution in [0.15, 0.2) is 119 Å². The predicted octanol–water partition coefficient (Wildman–Crippen LogP) is 10.3. The smallest absolute Gasteiger partial charge is 0.143 e. The van der Waals surface area contributed by atoms with Gasteiger partial charge in [0, 0.05) is 49.5 Å². The van der Waals surface area contributed by atoms with E-state index >= 15 is 0 Å². The summed E-state index contributed by atoms with van der Waals surface area (Å²) >= 11 is 12.8. The molecule has 0 saturated heterocycles. The van der Waals surface area contributed by atoms with Gasteiger partial charge in [0.2, 0.25) is 0 Å².